The molecule has 1 aliphatic heterocycles. The molecular formula is C28H30F2N2O3S. The van der Waals surface area contributed by atoms with Crippen LogP contribution in [0, 0.1) is 17.6 Å². The Kier molecular flexibility index (Phi) is 8.36. The molecule has 1 unspecified atom stereocenters. The van der Waals surface area contributed by atoms with Gasteiger partial charge < -0.3 is 14.5 Å². The van der Waals surface area contributed by atoms with E-state index in [1.807, 2.05) is 11.4 Å². The summed E-state index contributed by atoms with van der Waals surface area (Å²) in [7, 11) is 0. The van der Waals surface area contributed by atoms with Crippen LogP contribution in [0.1, 0.15) is 47.1 Å². The number of nitrogens with zero attached hydrogens (tertiary/aromatic N) is 2. The van der Waals surface area contributed by atoms with Crippen molar-refractivity contribution in [1.29, 1.82) is 0 Å². The van der Waals surface area contributed by atoms with E-state index < -0.39 is 11.6 Å². The van der Waals surface area contributed by atoms with Gasteiger partial charge >= 0.3 is 0 Å². The number of hydrogen-bond acceptors (Lipinski definition) is 4. The van der Waals surface area contributed by atoms with Gasteiger partial charge in [0.05, 0.1) is 6.04 Å². The van der Waals surface area contributed by atoms with Crippen molar-refractivity contribution in [2.75, 3.05) is 26.2 Å². The molecule has 1 aliphatic rings. The summed E-state index contributed by atoms with van der Waals surface area (Å²) in [6, 6.07) is 13.1. The van der Waals surface area contributed by atoms with Crippen LogP contribution in [0.2, 0.25) is 0 Å². The Bertz CT molecular complexity index is 1210. The summed E-state index contributed by atoms with van der Waals surface area (Å²) in [6.45, 7) is 5.04. The van der Waals surface area contributed by atoms with Crippen molar-refractivity contribution in [2.45, 2.75) is 32.7 Å². The lowest BCUT2D eigenvalue weighted by Gasteiger charge is -2.37. The lowest BCUT2D eigenvalue weighted by molar-refractivity contribution is -0.135. The van der Waals surface area contributed by atoms with Crippen molar-refractivity contribution in [3.63, 3.8) is 0 Å². The fraction of sp³-hybridized carbons (Fsp3) is 0.357. The summed E-state index contributed by atoms with van der Waals surface area (Å²) in [5.41, 5.74) is 1.23. The minimum atomic E-state index is -0.494. The molecule has 8 heteroatoms. The first kappa shape index (κ1) is 25.8. The Labute approximate surface area is 214 Å². The van der Waals surface area contributed by atoms with Gasteiger partial charge in [0.15, 0.2) is 0 Å². The van der Waals surface area contributed by atoms with Crippen LogP contribution in [0.4, 0.5) is 8.78 Å². The first-order valence-electron chi connectivity index (χ1n) is 12.1. The van der Waals surface area contributed by atoms with Crippen LogP contribution >= 0.6 is 11.3 Å². The van der Waals surface area contributed by atoms with Crippen molar-refractivity contribution >= 4 is 23.2 Å². The molecule has 2 heterocycles. The zero-order valence-electron chi connectivity index (χ0n) is 20.5. The van der Waals surface area contributed by atoms with E-state index in [0.29, 0.717) is 24.8 Å². The Hall–Kier alpha value is -3.26. The molecule has 1 atom stereocenters. The standard InChI is InChI=1S/C28H30F2N2O3S/c1-19(2)9-12-31(28(34)20-5-3-6-21(29)15-20)17-27(33)32-13-10-26-24(11-14-36-26)25(32)18-35-23-8-4-7-22(30)16-23/h3-8,11,14-16,19,25H,9-10,12-13,17-18H2,1-2H3. The van der Waals surface area contributed by atoms with Gasteiger partial charge in [-0.3, -0.25) is 9.59 Å². The van der Waals surface area contributed by atoms with Crippen LogP contribution in [-0.2, 0) is 11.2 Å². The summed E-state index contributed by atoms with van der Waals surface area (Å²) in [5.74, 6) is -0.732. The lowest BCUT2D eigenvalue weighted by Crippen LogP contribution is -2.48. The quantitative estimate of drug-likeness (QED) is 0.369. The van der Waals surface area contributed by atoms with Gasteiger partial charge in [0.2, 0.25) is 5.91 Å². The third-order valence-corrected chi connectivity index (χ3v) is 7.28. The number of fused-ring (bicyclic) bond motifs is 1. The van der Waals surface area contributed by atoms with E-state index in [2.05, 4.69) is 13.8 Å². The van der Waals surface area contributed by atoms with Gasteiger partial charge in [0, 0.05) is 29.6 Å². The van der Waals surface area contributed by atoms with Gasteiger partial charge in [0.1, 0.15) is 30.5 Å². The minimum Gasteiger partial charge on any atom is -0.491 e. The molecule has 2 amide bonds. The molecule has 0 N–H and O–H groups in total. The van der Waals surface area contributed by atoms with Crippen LogP contribution in [0.15, 0.2) is 60.0 Å². The Balaban J connectivity index is 1.53. The van der Waals surface area contributed by atoms with E-state index in [1.54, 1.807) is 34.4 Å². The van der Waals surface area contributed by atoms with Crippen molar-refractivity contribution in [1.82, 2.24) is 9.80 Å². The molecule has 4 rings (SSSR count). The van der Waals surface area contributed by atoms with Crippen LogP contribution in [0.3, 0.4) is 0 Å². The van der Waals surface area contributed by atoms with Gasteiger partial charge in [0.25, 0.3) is 5.91 Å². The summed E-state index contributed by atoms with van der Waals surface area (Å²) in [4.78, 5) is 31.3. The number of halogens is 2. The molecule has 0 radical (unpaired) electrons. The van der Waals surface area contributed by atoms with Gasteiger partial charge in [-0.1, -0.05) is 26.0 Å². The molecule has 0 spiro atoms. The summed E-state index contributed by atoms with van der Waals surface area (Å²) in [6.07, 6.45) is 1.44. The first-order chi connectivity index (χ1) is 17.3. The van der Waals surface area contributed by atoms with Crippen LogP contribution in [0.5, 0.6) is 5.75 Å². The highest BCUT2D eigenvalue weighted by molar-refractivity contribution is 7.10. The number of hydrogen-bond donors (Lipinski definition) is 0. The smallest absolute Gasteiger partial charge is 0.254 e. The average molecular weight is 513 g/mol. The molecule has 2 aromatic carbocycles. The number of ether oxygens (including phenoxy) is 1. The Morgan fingerprint density at radius 3 is 2.58 bits per heavy atom. The third kappa shape index (κ3) is 6.29. The highest BCUT2D eigenvalue weighted by Gasteiger charge is 2.33. The van der Waals surface area contributed by atoms with Gasteiger partial charge in [-0.15, -0.1) is 11.3 Å². The molecule has 36 heavy (non-hydrogen) atoms. The fourth-order valence-electron chi connectivity index (χ4n) is 4.33. The number of rotatable bonds is 9. The second kappa shape index (κ2) is 11.6. The van der Waals surface area contributed by atoms with E-state index in [0.717, 1.165) is 18.4 Å². The maximum atomic E-state index is 13.8. The number of carbonyl (C=O) groups excluding carboxylic acids is 2. The monoisotopic (exact) mass is 512 g/mol. The zero-order chi connectivity index (χ0) is 25.7. The van der Waals surface area contributed by atoms with Crippen LogP contribution < -0.4 is 4.74 Å². The SMILES string of the molecule is CC(C)CCN(CC(=O)N1CCc2sccc2C1COc1cccc(F)c1)C(=O)c1cccc(F)c1. The molecule has 0 bridgehead atoms. The van der Waals surface area contributed by atoms with E-state index >= 15 is 0 Å². The molecule has 3 aromatic rings. The van der Waals surface area contributed by atoms with Gasteiger partial charge in [-0.25, -0.2) is 8.78 Å². The first-order valence-corrected chi connectivity index (χ1v) is 13.0. The molecule has 5 nitrogen and oxygen atoms in total. The summed E-state index contributed by atoms with van der Waals surface area (Å²) in [5, 5.41) is 2.00. The van der Waals surface area contributed by atoms with E-state index in [-0.39, 0.29) is 36.6 Å². The number of amides is 2. The minimum absolute atomic E-state index is 0.113. The maximum Gasteiger partial charge on any atom is 0.254 e. The van der Waals surface area contributed by atoms with Crippen LogP contribution in [-0.4, -0.2) is 47.9 Å². The third-order valence-electron chi connectivity index (χ3n) is 6.28. The normalized spacial score (nSPS) is 15.0. The average Bonchev–Trinajstić information content (AvgIpc) is 3.33. The van der Waals surface area contributed by atoms with Gasteiger partial charge in [-0.05, 0) is 66.1 Å². The molecule has 0 saturated heterocycles. The predicted octanol–water partition coefficient (Wildman–Crippen LogP) is 5.72. The number of benzene rings is 2. The summed E-state index contributed by atoms with van der Waals surface area (Å²) >= 11 is 1.64. The van der Waals surface area contributed by atoms with Crippen molar-refractivity contribution in [3.05, 3.63) is 87.6 Å². The topological polar surface area (TPSA) is 49.9 Å². The molecular weight excluding hydrogens is 482 g/mol. The molecule has 190 valence electrons. The number of carbonyl (C=O) groups is 2. The zero-order valence-corrected chi connectivity index (χ0v) is 21.3. The number of thiophene rings is 1. The van der Waals surface area contributed by atoms with Crippen LogP contribution in [0.25, 0.3) is 0 Å². The summed E-state index contributed by atoms with van der Waals surface area (Å²) < 4.78 is 33.3. The Morgan fingerprint density at radius 2 is 1.86 bits per heavy atom. The molecule has 1 aromatic heterocycles. The Morgan fingerprint density at radius 1 is 1.11 bits per heavy atom. The highest BCUT2D eigenvalue weighted by Crippen LogP contribution is 2.34. The fourth-order valence-corrected chi connectivity index (χ4v) is 5.26. The second-order valence-electron chi connectivity index (χ2n) is 9.34. The second-order valence-corrected chi connectivity index (χ2v) is 10.3. The van der Waals surface area contributed by atoms with Crippen molar-refractivity contribution in [2.24, 2.45) is 5.92 Å². The van der Waals surface area contributed by atoms with Crippen molar-refractivity contribution in [3.8, 4) is 5.75 Å². The van der Waals surface area contributed by atoms with Gasteiger partial charge in [-0.2, -0.15) is 0 Å². The molecule has 0 aliphatic carbocycles. The highest BCUT2D eigenvalue weighted by atomic mass is 32.1. The molecule has 0 saturated carbocycles. The lowest BCUT2D eigenvalue weighted by atomic mass is 10.00. The predicted molar refractivity (Wildman–Crippen MR) is 136 cm³/mol. The maximum absolute atomic E-state index is 13.8. The molecule has 0 fully saturated rings. The van der Waals surface area contributed by atoms with E-state index in [9.17, 15) is 18.4 Å². The van der Waals surface area contributed by atoms with Crippen molar-refractivity contribution < 1.29 is 23.1 Å². The largest absolute Gasteiger partial charge is 0.491 e. The van der Waals surface area contributed by atoms with E-state index in [4.69, 9.17) is 4.74 Å². The van der Waals surface area contributed by atoms with E-state index in [1.165, 1.54) is 40.1 Å².